The number of carbonyl (C=O) groups excluding carboxylic acids is 1. The van der Waals surface area contributed by atoms with Crippen LogP contribution in [0.3, 0.4) is 0 Å². The first-order chi connectivity index (χ1) is 10.0. The molecule has 0 unspecified atom stereocenters. The van der Waals surface area contributed by atoms with Crippen molar-refractivity contribution in [2.24, 2.45) is 0 Å². The quantitative estimate of drug-likeness (QED) is 0.750. The Balaban J connectivity index is 2.64. The zero-order chi connectivity index (χ0) is 15.8. The maximum absolute atomic E-state index is 13.1. The van der Waals surface area contributed by atoms with Gasteiger partial charge in [0.1, 0.15) is 5.82 Å². The summed E-state index contributed by atoms with van der Waals surface area (Å²) in [6.07, 6.45) is 0.919. The average molecular weight is 295 g/mol. The number of amides is 1. The highest BCUT2D eigenvalue weighted by Gasteiger charge is 2.17. The van der Waals surface area contributed by atoms with Gasteiger partial charge in [-0.3, -0.25) is 4.79 Å². The fraction of sp³-hybridized carbons (Fsp3) is 0.562. The van der Waals surface area contributed by atoms with Gasteiger partial charge in [0, 0.05) is 18.8 Å². The second kappa shape index (κ2) is 8.62. The fourth-order valence-corrected chi connectivity index (χ4v) is 2.33. The molecule has 1 rings (SSSR count). The molecule has 0 spiro atoms. The Morgan fingerprint density at radius 2 is 1.81 bits per heavy atom. The Kier molecular flexibility index (Phi) is 7.15. The number of hydrogen-bond acceptors (Lipinski definition) is 3. The van der Waals surface area contributed by atoms with E-state index in [1.165, 1.54) is 18.2 Å². The van der Waals surface area contributed by atoms with Gasteiger partial charge in [-0.1, -0.05) is 13.8 Å². The molecule has 1 amide bonds. The highest BCUT2D eigenvalue weighted by Crippen LogP contribution is 2.16. The third-order valence-electron chi connectivity index (χ3n) is 3.71. The second-order valence-electron chi connectivity index (χ2n) is 5.00. The van der Waals surface area contributed by atoms with Gasteiger partial charge >= 0.3 is 0 Å². The van der Waals surface area contributed by atoms with E-state index in [0.717, 1.165) is 26.1 Å². The number of nitrogens with two attached hydrogens (primary N) is 1. The minimum absolute atomic E-state index is 0.130. The van der Waals surface area contributed by atoms with Gasteiger partial charge in [-0.15, -0.1) is 0 Å². The van der Waals surface area contributed by atoms with Crippen LogP contribution in [0.1, 0.15) is 37.6 Å². The van der Waals surface area contributed by atoms with Gasteiger partial charge in [0.2, 0.25) is 0 Å². The summed E-state index contributed by atoms with van der Waals surface area (Å²) < 4.78 is 13.1. The third-order valence-corrected chi connectivity index (χ3v) is 3.71. The van der Waals surface area contributed by atoms with Gasteiger partial charge in [0.05, 0.1) is 5.56 Å². The maximum Gasteiger partial charge on any atom is 0.255 e. The number of rotatable bonds is 8. The van der Waals surface area contributed by atoms with Crippen LogP contribution in [0.5, 0.6) is 0 Å². The number of benzene rings is 1. The van der Waals surface area contributed by atoms with Gasteiger partial charge in [-0.25, -0.2) is 4.39 Å². The van der Waals surface area contributed by atoms with E-state index >= 15 is 0 Å². The zero-order valence-corrected chi connectivity index (χ0v) is 13.2. The molecule has 0 aliphatic carbocycles. The van der Waals surface area contributed by atoms with E-state index in [-0.39, 0.29) is 11.6 Å². The van der Waals surface area contributed by atoms with Gasteiger partial charge in [0.25, 0.3) is 5.91 Å². The molecule has 0 aromatic heterocycles. The average Bonchev–Trinajstić information content (AvgIpc) is 2.47. The summed E-state index contributed by atoms with van der Waals surface area (Å²) in [7, 11) is 0. The fourth-order valence-electron chi connectivity index (χ4n) is 2.33. The summed E-state index contributed by atoms with van der Waals surface area (Å²) in [5.74, 6) is -0.553. The van der Waals surface area contributed by atoms with Crippen LogP contribution in [0.4, 0.5) is 10.1 Å². The lowest BCUT2D eigenvalue weighted by Crippen LogP contribution is -2.34. The predicted octanol–water partition coefficient (Wildman–Crippen LogP) is 2.60. The zero-order valence-electron chi connectivity index (χ0n) is 13.2. The van der Waals surface area contributed by atoms with Crippen molar-refractivity contribution in [3.63, 3.8) is 0 Å². The topological polar surface area (TPSA) is 49.6 Å². The predicted molar refractivity (Wildman–Crippen MR) is 84.8 cm³/mol. The van der Waals surface area contributed by atoms with E-state index in [2.05, 4.69) is 18.7 Å². The third kappa shape index (κ3) is 5.01. The van der Waals surface area contributed by atoms with Crippen LogP contribution < -0.4 is 5.73 Å². The van der Waals surface area contributed by atoms with Gasteiger partial charge in [-0.2, -0.15) is 0 Å². The Bertz CT molecular complexity index is 461. The molecule has 21 heavy (non-hydrogen) atoms. The summed E-state index contributed by atoms with van der Waals surface area (Å²) in [5, 5.41) is 0. The minimum Gasteiger partial charge on any atom is -0.398 e. The van der Waals surface area contributed by atoms with Crippen LogP contribution >= 0.6 is 0 Å². The van der Waals surface area contributed by atoms with Crippen LogP contribution in [0.2, 0.25) is 0 Å². The first-order valence-electron chi connectivity index (χ1n) is 7.60. The first kappa shape index (κ1) is 17.4. The molecule has 0 aliphatic heterocycles. The summed E-state index contributed by atoms with van der Waals surface area (Å²) in [5.41, 5.74) is 6.31. The van der Waals surface area contributed by atoms with Gasteiger partial charge in [-0.05, 0) is 51.2 Å². The van der Waals surface area contributed by atoms with Crippen molar-refractivity contribution >= 4 is 11.6 Å². The van der Waals surface area contributed by atoms with Crippen molar-refractivity contribution in [3.05, 3.63) is 29.6 Å². The van der Waals surface area contributed by atoms with E-state index < -0.39 is 5.82 Å². The number of nitrogens with zero attached hydrogens (tertiary/aromatic N) is 2. The lowest BCUT2D eigenvalue weighted by Gasteiger charge is -2.24. The molecule has 0 saturated heterocycles. The number of hydrogen-bond donors (Lipinski definition) is 1. The number of nitrogen functional groups attached to an aromatic ring is 1. The Labute approximate surface area is 126 Å². The molecule has 4 nitrogen and oxygen atoms in total. The van der Waals surface area contributed by atoms with Crippen LogP contribution in [-0.2, 0) is 0 Å². The Hall–Kier alpha value is -1.62. The van der Waals surface area contributed by atoms with E-state index in [1.807, 2.05) is 6.92 Å². The normalized spacial score (nSPS) is 10.9. The summed E-state index contributed by atoms with van der Waals surface area (Å²) >= 11 is 0. The largest absolute Gasteiger partial charge is 0.398 e. The molecule has 0 atom stereocenters. The first-order valence-corrected chi connectivity index (χ1v) is 7.60. The molecular formula is C16H26FN3O. The van der Waals surface area contributed by atoms with E-state index in [1.54, 1.807) is 4.90 Å². The molecule has 1 aromatic rings. The number of carbonyl (C=O) groups is 1. The number of anilines is 1. The minimum atomic E-state index is -0.423. The lowest BCUT2D eigenvalue weighted by molar-refractivity contribution is 0.0758. The van der Waals surface area contributed by atoms with Crippen molar-refractivity contribution in [2.45, 2.75) is 27.2 Å². The van der Waals surface area contributed by atoms with Gasteiger partial charge < -0.3 is 15.5 Å². The Morgan fingerprint density at radius 3 is 2.33 bits per heavy atom. The summed E-state index contributed by atoms with van der Waals surface area (Å²) in [4.78, 5) is 16.5. The van der Waals surface area contributed by atoms with E-state index in [9.17, 15) is 9.18 Å². The molecule has 2 N–H and O–H groups in total. The molecular weight excluding hydrogens is 269 g/mol. The van der Waals surface area contributed by atoms with E-state index in [4.69, 9.17) is 5.73 Å². The van der Waals surface area contributed by atoms with Crippen molar-refractivity contribution in [1.29, 1.82) is 0 Å². The Morgan fingerprint density at radius 1 is 1.14 bits per heavy atom. The van der Waals surface area contributed by atoms with Crippen LogP contribution in [0.15, 0.2) is 18.2 Å². The summed E-state index contributed by atoms with van der Waals surface area (Å²) in [6, 6.07) is 3.92. The molecule has 0 radical (unpaired) electrons. The lowest BCUT2D eigenvalue weighted by atomic mass is 10.1. The highest BCUT2D eigenvalue weighted by atomic mass is 19.1. The van der Waals surface area contributed by atoms with E-state index in [0.29, 0.717) is 18.7 Å². The SMILES string of the molecule is CCN(CC)CCCN(CC)C(=O)c1ccc(F)cc1N. The molecule has 0 aliphatic rings. The molecule has 0 heterocycles. The van der Waals surface area contributed by atoms with Gasteiger partial charge in [0.15, 0.2) is 0 Å². The summed E-state index contributed by atoms with van der Waals surface area (Å²) in [6.45, 7) is 10.5. The van der Waals surface area contributed by atoms with Crippen LogP contribution in [-0.4, -0.2) is 48.4 Å². The molecule has 0 fully saturated rings. The second-order valence-corrected chi connectivity index (χ2v) is 5.00. The highest BCUT2D eigenvalue weighted by molar-refractivity contribution is 5.99. The van der Waals surface area contributed by atoms with Crippen LogP contribution in [0, 0.1) is 5.82 Å². The molecule has 118 valence electrons. The van der Waals surface area contributed by atoms with Crippen LogP contribution in [0.25, 0.3) is 0 Å². The maximum atomic E-state index is 13.1. The van der Waals surface area contributed by atoms with Crippen molar-refractivity contribution in [2.75, 3.05) is 38.5 Å². The number of halogens is 1. The van der Waals surface area contributed by atoms with Crippen molar-refractivity contribution < 1.29 is 9.18 Å². The van der Waals surface area contributed by atoms with Crippen molar-refractivity contribution in [3.8, 4) is 0 Å². The molecule has 0 saturated carbocycles. The smallest absolute Gasteiger partial charge is 0.255 e. The monoisotopic (exact) mass is 295 g/mol. The molecule has 1 aromatic carbocycles. The standard InChI is InChI=1S/C16H26FN3O/c1-4-19(5-2)10-7-11-20(6-3)16(21)14-9-8-13(17)12-15(14)18/h8-9,12H,4-7,10-11,18H2,1-3H3. The van der Waals surface area contributed by atoms with Crippen molar-refractivity contribution in [1.82, 2.24) is 9.80 Å². The molecule has 0 bridgehead atoms. The molecule has 5 heteroatoms.